The Balaban J connectivity index is 1.58. The van der Waals surface area contributed by atoms with E-state index in [1.54, 1.807) is 0 Å². The standard InChI is InChI=1S/C28H20/c1-3-10-21(11-4-1)25(22-12-5-2-6-13-22)19-18-23-15-9-17-27-26-16-8-7-14-24(26)20-28(23)27/h1-17,25H,20H2. The van der Waals surface area contributed by atoms with Gasteiger partial charge in [0.05, 0.1) is 5.92 Å². The summed E-state index contributed by atoms with van der Waals surface area (Å²) in [5.74, 6) is 7.17. The van der Waals surface area contributed by atoms with Gasteiger partial charge in [-0.05, 0) is 45.9 Å². The molecule has 0 fully saturated rings. The van der Waals surface area contributed by atoms with Crippen molar-refractivity contribution in [2.24, 2.45) is 0 Å². The largest absolute Gasteiger partial charge is 0.0848 e. The zero-order chi connectivity index (χ0) is 18.8. The maximum absolute atomic E-state index is 3.58. The monoisotopic (exact) mass is 356 g/mol. The number of fused-ring (bicyclic) bond motifs is 3. The molecular weight excluding hydrogens is 336 g/mol. The topological polar surface area (TPSA) is 0 Å². The van der Waals surface area contributed by atoms with Gasteiger partial charge in [-0.15, -0.1) is 0 Å². The molecule has 1 aliphatic rings. The predicted octanol–water partition coefficient (Wildman–Crippen LogP) is 6.44. The number of benzene rings is 4. The first-order valence-corrected chi connectivity index (χ1v) is 9.72. The fourth-order valence-electron chi connectivity index (χ4n) is 4.07. The predicted molar refractivity (Wildman–Crippen MR) is 116 cm³/mol. The highest BCUT2D eigenvalue weighted by Crippen LogP contribution is 2.38. The minimum absolute atomic E-state index is 0.0713. The van der Waals surface area contributed by atoms with Gasteiger partial charge in [-0.2, -0.15) is 0 Å². The summed E-state index contributed by atoms with van der Waals surface area (Å²) < 4.78 is 0. The Hall–Kier alpha value is -3.56. The molecule has 0 aromatic heterocycles. The van der Waals surface area contributed by atoms with E-state index < -0.39 is 0 Å². The summed E-state index contributed by atoms with van der Waals surface area (Å²) in [6, 6.07) is 36.3. The lowest BCUT2D eigenvalue weighted by atomic mass is 9.91. The van der Waals surface area contributed by atoms with Gasteiger partial charge in [-0.25, -0.2) is 0 Å². The second-order valence-corrected chi connectivity index (χ2v) is 7.19. The Morgan fingerprint density at radius 3 is 1.89 bits per heavy atom. The molecular formula is C28H20. The molecule has 4 aromatic rings. The number of hydrogen-bond donors (Lipinski definition) is 0. The van der Waals surface area contributed by atoms with Gasteiger partial charge in [-0.1, -0.05) is 109 Å². The smallest absolute Gasteiger partial charge is 0.0705 e. The van der Waals surface area contributed by atoms with Crippen LogP contribution in [0.3, 0.4) is 0 Å². The molecule has 0 aliphatic heterocycles. The lowest BCUT2D eigenvalue weighted by molar-refractivity contribution is 1.06. The van der Waals surface area contributed by atoms with E-state index in [1.807, 2.05) is 0 Å². The normalized spacial score (nSPS) is 11.5. The lowest BCUT2D eigenvalue weighted by Gasteiger charge is -2.12. The Labute approximate surface area is 166 Å². The summed E-state index contributed by atoms with van der Waals surface area (Å²) >= 11 is 0. The molecule has 0 spiro atoms. The van der Waals surface area contributed by atoms with Crippen LogP contribution in [0.5, 0.6) is 0 Å². The van der Waals surface area contributed by atoms with Crippen molar-refractivity contribution < 1.29 is 0 Å². The Morgan fingerprint density at radius 2 is 1.18 bits per heavy atom. The first-order valence-electron chi connectivity index (χ1n) is 9.72. The molecule has 0 saturated carbocycles. The van der Waals surface area contributed by atoms with Gasteiger partial charge in [0.15, 0.2) is 0 Å². The maximum Gasteiger partial charge on any atom is 0.0705 e. The van der Waals surface area contributed by atoms with Crippen LogP contribution in [-0.4, -0.2) is 0 Å². The summed E-state index contributed by atoms with van der Waals surface area (Å²) in [5, 5.41) is 0. The van der Waals surface area contributed by atoms with Crippen molar-refractivity contribution in [3.63, 3.8) is 0 Å². The molecule has 0 amide bonds. The Morgan fingerprint density at radius 1 is 0.571 bits per heavy atom. The van der Waals surface area contributed by atoms with E-state index in [-0.39, 0.29) is 5.92 Å². The van der Waals surface area contributed by atoms with E-state index in [2.05, 4.69) is 115 Å². The first-order chi connectivity index (χ1) is 13.9. The van der Waals surface area contributed by atoms with Gasteiger partial charge >= 0.3 is 0 Å². The summed E-state index contributed by atoms with van der Waals surface area (Å²) in [5.41, 5.74) is 9.05. The lowest BCUT2D eigenvalue weighted by Crippen LogP contribution is -1.98. The molecule has 0 unspecified atom stereocenters. The second-order valence-electron chi connectivity index (χ2n) is 7.19. The quantitative estimate of drug-likeness (QED) is 0.319. The third-order valence-electron chi connectivity index (χ3n) is 5.47. The van der Waals surface area contributed by atoms with Crippen LogP contribution in [-0.2, 0) is 6.42 Å². The zero-order valence-electron chi connectivity index (χ0n) is 15.6. The summed E-state index contributed by atoms with van der Waals surface area (Å²) in [6.45, 7) is 0. The highest BCUT2D eigenvalue weighted by atomic mass is 14.2. The maximum atomic E-state index is 3.58. The van der Waals surface area contributed by atoms with E-state index in [0.29, 0.717) is 0 Å². The number of hydrogen-bond acceptors (Lipinski definition) is 0. The average molecular weight is 356 g/mol. The molecule has 5 rings (SSSR count). The van der Waals surface area contributed by atoms with Crippen LogP contribution in [0.4, 0.5) is 0 Å². The van der Waals surface area contributed by atoms with Crippen molar-refractivity contribution in [3.8, 4) is 23.0 Å². The Kier molecular flexibility index (Phi) is 4.28. The molecule has 1 aliphatic carbocycles. The second kappa shape index (κ2) is 7.22. The van der Waals surface area contributed by atoms with Gasteiger partial charge < -0.3 is 0 Å². The van der Waals surface area contributed by atoms with E-state index in [9.17, 15) is 0 Å². The average Bonchev–Trinajstić information content (AvgIpc) is 3.15. The van der Waals surface area contributed by atoms with Crippen molar-refractivity contribution in [1.82, 2.24) is 0 Å². The van der Waals surface area contributed by atoms with Gasteiger partial charge in [0.1, 0.15) is 0 Å². The van der Waals surface area contributed by atoms with Crippen molar-refractivity contribution in [1.29, 1.82) is 0 Å². The van der Waals surface area contributed by atoms with Crippen molar-refractivity contribution in [3.05, 3.63) is 131 Å². The molecule has 28 heavy (non-hydrogen) atoms. The Bertz CT molecular complexity index is 1140. The van der Waals surface area contributed by atoms with Gasteiger partial charge in [0, 0.05) is 5.56 Å². The summed E-state index contributed by atoms with van der Waals surface area (Å²) in [4.78, 5) is 0. The molecule has 0 heteroatoms. The molecule has 0 nitrogen and oxygen atoms in total. The molecule has 0 atom stereocenters. The van der Waals surface area contributed by atoms with Gasteiger partial charge in [0.2, 0.25) is 0 Å². The van der Waals surface area contributed by atoms with Gasteiger partial charge in [-0.3, -0.25) is 0 Å². The van der Waals surface area contributed by atoms with Crippen molar-refractivity contribution >= 4 is 0 Å². The molecule has 132 valence electrons. The van der Waals surface area contributed by atoms with Crippen LogP contribution in [0.1, 0.15) is 33.7 Å². The fraction of sp³-hybridized carbons (Fsp3) is 0.0714. The molecule has 0 N–H and O–H groups in total. The third kappa shape index (κ3) is 3.02. The molecule has 0 bridgehead atoms. The molecule has 0 heterocycles. The number of rotatable bonds is 2. The first kappa shape index (κ1) is 16.6. The summed E-state index contributed by atoms with van der Waals surface area (Å²) in [6.07, 6.45) is 0.970. The minimum atomic E-state index is 0.0713. The fourth-order valence-corrected chi connectivity index (χ4v) is 4.07. The van der Waals surface area contributed by atoms with E-state index in [4.69, 9.17) is 0 Å². The van der Waals surface area contributed by atoms with Gasteiger partial charge in [0.25, 0.3) is 0 Å². The van der Waals surface area contributed by atoms with Crippen LogP contribution in [0, 0.1) is 11.8 Å². The van der Waals surface area contributed by atoms with E-state index in [0.717, 1.165) is 12.0 Å². The summed E-state index contributed by atoms with van der Waals surface area (Å²) in [7, 11) is 0. The van der Waals surface area contributed by atoms with Crippen LogP contribution >= 0.6 is 0 Å². The van der Waals surface area contributed by atoms with Crippen molar-refractivity contribution in [2.75, 3.05) is 0 Å². The molecule has 4 aromatic carbocycles. The van der Waals surface area contributed by atoms with Crippen LogP contribution in [0.25, 0.3) is 11.1 Å². The molecule has 0 radical (unpaired) electrons. The molecule has 0 saturated heterocycles. The van der Waals surface area contributed by atoms with Crippen LogP contribution < -0.4 is 0 Å². The SMILES string of the molecule is C(#CC(c1ccccc1)c1ccccc1)c1cccc2c1Cc1ccccc1-2. The van der Waals surface area contributed by atoms with Crippen LogP contribution in [0.15, 0.2) is 103 Å². The van der Waals surface area contributed by atoms with E-state index in [1.165, 1.54) is 33.4 Å². The minimum Gasteiger partial charge on any atom is -0.0848 e. The van der Waals surface area contributed by atoms with E-state index >= 15 is 0 Å². The highest BCUT2D eigenvalue weighted by Gasteiger charge is 2.19. The highest BCUT2D eigenvalue weighted by molar-refractivity contribution is 5.79. The van der Waals surface area contributed by atoms with Crippen molar-refractivity contribution in [2.45, 2.75) is 12.3 Å². The van der Waals surface area contributed by atoms with Crippen LogP contribution in [0.2, 0.25) is 0 Å². The zero-order valence-corrected chi connectivity index (χ0v) is 15.6. The third-order valence-corrected chi connectivity index (χ3v) is 5.47.